The summed E-state index contributed by atoms with van der Waals surface area (Å²) in [5.74, 6) is 0.409. The second kappa shape index (κ2) is 9.66. The van der Waals surface area contributed by atoms with E-state index in [0.717, 1.165) is 0 Å². The maximum Gasteiger partial charge on any atom is 0.104 e. The first-order valence-corrected chi connectivity index (χ1v) is 6.84. The van der Waals surface area contributed by atoms with Gasteiger partial charge in [-0.1, -0.05) is 27.7 Å². The molecule has 0 saturated carbocycles. The molecule has 0 amide bonds. The second-order valence-corrected chi connectivity index (χ2v) is 5.56. The third-order valence-corrected chi connectivity index (χ3v) is 3.19. The predicted molar refractivity (Wildman–Crippen MR) is 74.1 cm³/mol. The van der Waals surface area contributed by atoms with Crippen molar-refractivity contribution in [1.29, 1.82) is 0 Å². The Labute approximate surface area is 116 Å². The predicted octanol–water partition coefficient (Wildman–Crippen LogP) is 1.07. The molecule has 0 aliphatic carbocycles. The molecule has 116 valence electrons. The van der Waals surface area contributed by atoms with Crippen LogP contribution in [0.15, 0.2) is 0 Å². The standard InChI is InChI=1S/C14H30O5/c1-9(2)13(17-5)11(15)7-19-8-12(16)14(18-6)10(3)4/h9-16H,7-8H2,1-6H3. The molecule has 0 fully saturated rings. The smallest absolute Gasteiger partial charge is 0.104 e. The van der Waals surface area contributed by atoms with Gasteiger partial charge in [-0.3, -0.25) is 0 Å². The molecule has 5 heteroatoms. The number of aliphatic hydroxyl groups excluding tert-OH is 2. The molecule has 0 aliphatic heterocycles. The average Bonchev–Trinajstić information content (AvgIpc) is 2.29. The van der Waals surface area contributed by atoms with E-state index >= 15 is 0 Å². The van der Waals surface area contributed by atoms with Crippen LogP contribution in [0.25, 0.3) is 0 Å². The largest absolute Gasteiger partial charge is 0.388 e. The summed E-state index contributed by atoms with van der Waals surface area (Å²) in [5, 5.41) is 19.9. The maximum absolute atomic E-state index is 9.93. The molecule has 0 rings (SSSR count). The fourth-order valence-electron chi connectivity index (χ4n) is 2.25. The van der Waals surface area contributed by atoms with Crippen LogP contribution in [0.4, 0.5) is 0 Å². The van der Waals surface area contributed by atoms with E-state index < -0.39 is 12.2 Å². The van der Waals surface area contributed by atoms with Gasteiger partial charge in [-0.25, -0.2) is 0 Å². The van der Waals surface area contributed by atoms with Crippen molar-refractivity contribution in [2.75, 3.05) is 27.4 Å². The highest BCUT2D eigenvalue weighted by Gasteiger charge is 2.25. The zero-order valence-electron chi connectivity index (χ0n) is 13.0. The molecule has 0 aromatic rings. The molecule has 0 aliphatic rings. The zero-order valence-corrected chi connectivity index (χ0v) is 13.0. The summed E-state index contributed by atoms with van der Waals surface area (Å²) in [6, 6.07) is 0. The molecule has 4 unspecified atom stereocenters. The number of ether oxygens (including phenoxy) is 3. The molecule has 5 nitrogen and oxygen atoms in total. The Morgan fingerprint density at radius 3 is 1.26 bits per heavy atom. The van der Waals surface area contributed by atoms with Crippen LogP contribution >= 0.6 is 0 Å². The third-order valence-electron chi connectivity index (χ3n) is 3.19. The minimum Gasteiger partial charge on any atom is -0.388 e. The second-order valence-electron chi connectivity index (χ2n) is 5.56. The molecule has 19 heavy (non-hydrogen) atoms. The topological polar surface area (TPSA) is 68.2 Å². The molecule has 0 spiro atoms. The highest BCUT2D eigenvalue weighted by molar-refractivity contribution is 4.74. The monoisotopic (exact) mass is 278 g/mol. The molecular weight excluding hydrogens is 248 g/mol. The molecule has 0 bridgehead atoms. The average molecular weight is 278 g/mol. The van der Waals surface area contributed by atoms with Crippen LogP contribution in [0.1, 0.15) is 27.7 Å². The number of rotatable bonds is 10. The van der Waals surface area contributed by atoms with Gasteiger partial charge < -0.3 is 24.4 Å². The first-order valence-electron chi connectivity index (χ1n) is 6.84. The van der Waals surface area contributed by atoms with E-state index in [1.54, 1.807) is 14.2 Å². The molecule has 4 atom stereocenters. The van der Waals surface area contributed by atoms with Crippen molar-refractivity contribution in [2.45, 2.75) is 52.1 Å². The fraction of sp³-hybridized carbons (Fsp3) is 1.00. The first-order chi connectivity index (χ1) is 8.84. The van der Waals surface area contributed by atoms with E-state index in [9.17, 15) is 10.2 Å². The quantitative estimate of drug-likeness (QED) is 0.625. The summed E-state index contributed by atoms with van der Waals surface area (Å²) in [7, 11) is 3.14. The summed E-state index contributed by atoms with van der Waals surface area (Å²) < 4.78 is 15.8. The summed E-state index contributed by atoms with van der Waals surface area (Å²) in [6.45, 7) is 8.19. The number of hydrogen-bond acceptors (Lipinski definition) is 5. The van der Waals surface area contributed by atoms with Gasteiger partial charge in [0.05, 0.1) is 25.4 Å². The molecule has 0 saturated heterocycles. The van der Waals surface area contributed by atoms with Crippen LogP contribution in [0.5, 0.6) is 0 Å². The molecule has 0 aromatic carbocycles. The lowest BCUT2D eigenvalue weighted by atomic mass is 10.0. The van der Waals surface area contributed by atoms with Gasteiger partial charge in [0.1, 0.15) is 12.2 Å². The van der Waals surface area contributed by atoms with Gasteiger partial charge in [-0.05, 0) is 11.8 Å². The van der Waals surface area contributed by atoms with Crippen LogP contribution in [-0.4, -0.2) is 62.1 Å². The van der Waals surface area contributed by atoms with Crippen LogP contribution < -0.4 is 0 Å². The van der Waals surface area contributed by atoms with Crippen molar-refractivity contribution in [3.8, 4) is 0 Å². The van der Waals surface area contributed by atoms with Crippen molar-refractivity contribution in [2.24, 2.45) is 11.8 Å². The van der Waals surface area contributed by atoms with Gasteiger partial charge in [0, 0.05) is 14.2 Å². The van der Waals surface area contributed by atoms with E-state index in [2.05, 4.69) is 0 Å². The van der Waals surface area contributed by atoms with E-state index in [1.165, 1.54) is 0 Å². The lowest BCUT2D eigenvalue weighted by molar-refractivity contribution is -0.106. The lowest BCUT2D eigenvalue weighted by Crippen LogP contribution is -2.39. The van der Waals surface area contributed by atoms with E-state index in [4.69, 9.17) is 14.2 Å². The van der Waals surface area contributed by atoms with Crippen LogP contribution in [-0.2, 0) is 14.2 Å². The molecule has 2 N–H and O–H groups in total. The molecule has 0 radical (unpaired) electrons. The highest BCUT2D eigenvalue weighted by Crippen LogP contribution is 2.13. The molecular formula is C14H30O5. The van der Waals surface area contributed by atoms with E-state index in [0.29, 0.717) is 0 Å². The highest BCUT2D eigenvalue weighted by atomic mass is 16.5. The number of aliphatic hydroxyl groups is 2. The Morgan fingerprint density at radius 2 is 1.05 bits per heavy atom. The van der Waals surface area contributed by atoms with Crippen molar-refractivity contribution >= 4 is 0 Å². The number of methoxy groups -OCH3 is 2. The van der Waals surface area contributed by atoms with Gasteiger partial charge in [0.25, 0.3) is 0 Å². The minimum atomic E-state index is -0.697. The van der Waals surface area contributed by atoms with E-state index in [1.807, 2.05) is 27.7 Å². The van der Waals surface area contributed by atoms with Crippen molar-refractivity contribution in [3.63, 3.8) is 0 Å². The summed E-state index contributed by atoms with van der Waals surface area (Å²) in [6.07, 6.45) is -1.92. The first kappa shape index (κ1) is 18.8. The van der Waals surface area contributed by atoms with Gasteiger partial charge in [-0.2, -0.15) is 0 Å². The third kappa shape index (κ3) is 6.68. The maximum atomic E-state index is 9.93. The fourth-order valence-corrected chi connectivity index (χ4v) is 2.25. The zero-order chi connectivity index (χ0) is 15.0. The summed E-state index contributed by atoms with van der Waals surface area (Å²) in [5.41, 5.74) is 0. The van der Waals surface area contributed by atoms with Crippen LogP contribution in [0.3, 0.4) is 0 Å². The Morgan fingerprint density at radius 1 is 0.737 bits per heavy atom. The Hall–Kier alpha value is -0.200. The van der Waals surface area contributed by atoms with E-state index in [-0.39, 0.29) is 37.3 Å². The van der Waals surface area contributed by atoms with Crippen molar-refractivity contribution < 1.29 is 24.4 Å². The SMILES string of the molecule is COC(C(C)C)C(O)COCC(O)C(OC)C(C)C. The van der Waals surface area contributed by atoms with Gasteiger partial charge >= 0.3 is 0 Å². The van der Waals surface area contributed by atoms with Gasteiger partial charge in [0.2, 0.25) is 0 Å². The normalized spacial score (nSPS) is 18.6. The Bertz CT molecular complexity index is 198. The minimum absolute atomic E-state index is 0.141. The Kier molecular flexibility index (Phi) is 9.56. The van der Waals surface area contributed by atoms with Crippen LogP contribution in [0.2, 0.25) is 0 Å². The van der Waals surface area contributed by atoms with Crippen LogP contribution in [0, 0.1) is 11.8 Å². The Balaban J connectivity index is 4.07. The molecule has 0 heterocycles. The lowest BCUT2D eigenvalue weighted by Gasteiger charge is -2.27. The molecule has 0 aromatic heterocycles. The summed E-state index contributed by atoms with van der Waals surface area (Å²) in [4.78, 5) is 0. The number of hydrogen-bond donors (Lipinski definition) is 2. The van der Waals surface area contributed by atoms with Crippen molar-refractivity contribution in [3.05, 3.63) is 0 Å². The van der Waals surface area contributed by atoms with Gasteiger partial charge in [-0.15, -0.1) is 0 Å². The van der Waals surface area contributed by atoms with Crippen molar-refractivity contribution in [1.82, 2.24) is 0 Å². The summed E-state index contributed by atoms with van der Waals surface area (Å²) >= 11 is 0. The van der Waals surface area contributed by atoms with Gasteiger partial charge in [0.15, 0.2) is 0 Å².